The molecule has 0 bridgehead atoms. The van der Waals surface area contributed by atoms with Gasteiger partial charge in [-0.05, 0) is 43.2 Å². The molecule has 1 aliphatic rings. The van der Waals surface area contributed by atoms with Gasteiger partial charge in [-0.1, -0.05) is 18.2 Å². The molecule has 33 heavy (non-hydrogen) atoms. The molecule has 1 aliphatic heterocycles. The second-order valence-corrected chi connectivity index (χ2v) is 8.35. The highest BCUT2D eigenvalue weighted by molar-refractivity contribution is 7.14. The van der Waals surface area contributed by atoms with Crippen LogP contribution in [0.5, 0.6) is 0 Å². The van der Waals surface area contributed by atoms with Gasteiger partial charge in [0, 0.05) is 31.5 Å². The molecule has 6 nitrogen and oxygen atoms in total. The SMILES string of the molecule is CC(=O)N(c1nc(/C=C/C(=O)Nc2c(F)cccc2N2CCCC2)cs1)c1ccccc1F. The number of anilines is 4. The molecular weight excluding hydrogens is 446 g/mol. The molecule has 2 heterocycles. The number of halogens is 2. The Bertz CT molecular complexity index is 1200. The van der Waals surface area contributed by atoms with Crippen molar-refractivity contribution in [3.05, 3.63) is 71.2 Å². The lowest BCUT2D eigenvalue weighted by atomic mass is 10.2. The summed E-state index contributed by atoms with van der Waals surface area (Å²) in [5, 5.41) is 4.55. The first-order chi connectivity index (χ1) is 15.9. The first-order valence-electron chi connectivity index (χ1n) is 10.5. The molecule has 1 saturated heterocycles. The molecule has 170 valence electrons. The van der Waals surface area contributed by atoms with E-state index in [1.54, 1.807) is 23.6 Å². The second-order valence-electron chi connectivity index (χ2n) is 7.51. The Morgan fingerprint density at radius 3 is 2.55 bits per heavy atom. The average molecular weight is 469 g/mol. The van der Waals surface area contributed by atoms with Gasteiger partial charge in [0.05, 0.1) is 17.1 Å². The van der Waals surface area contributed by atoms with Crippen LogP contribution in [-0.2, 0) is 9.59 Å². The third-order valence-corrected chi connectivity index (χ3v) is 6.05. The predicted octanol–water partition coefficient (Wildman–Crippen LogP) is 5.36. The summed E-state index contributed by atoms with van der Waals surface area (Å²) in [4.78, 5) is 32.2. The fraction of sp³-hybridized carbons (Fsp3) is 0.208. The molecule has 0 radical (unpaired) electrons. The number of nitrogens with one attached hydrogen (secondary N) is 1. The Morgan fingerprint density at radius 1 is 1.09 bits per heavy atom. The molecule has 4 rings (SSSR count). The molecule has 9 heteroatoms. The van der Waals surface area contributed by atoms with Gasteiger partial charge in [0.1, 0.15) is 17.3 Å². The first kappa shape index (κ1) is 22.6. The van der Waals surface area contributed by atoms with Crippen LogP contribution in [-0.4, -0.2) is 29.9 Å². The highest BCUT2D eigenvalue weighted by Gasteiger charge is 2.21. The molecule has 1 N–H and O–H groups in total. The van der Waals surface area contributed by atoms with Crippen LogP contribution >= 0.6 is 11.3 Å². The number of amides is 2. The van der Waals surface area contributed by atoms with Crippen molar-refractivity contribution in [1.29, 1.82) is 0 Å². The molecule has 2 aromatic carbocycles. The normalized spacial score (nSPS) is 13.5. The number of hydrogen-bond acceptors (Lipinski definition) is 5. The second kappa shape index (κ2) is 9.91. The quantitative estimate of drug-likeness (QED) is 0.495. The highest BCUT2D eigenvalue weighted by atomic mass is 32.1. The number of rotatable bonds is 6. The van der Waals surface area contributed by atoms with Gasteiger partial charge in [-0.3, -0.25) is 14.5 Å². The standard InChI is InChI=1S/C24H22F2N4O2S/c1-16(31)30(20-9-3-2-7-18(20)25)24-27-17(15-33-24)11-12-22(32)28-23-19(26)8-6-10-21(23)29-13-4-5-14-29/h2-3,6-12,15H,4-5,13-14H2,1H3,(H,28,32)/b12-11+. The summed E-state index contributed by atoms with van der Waals surface area (Å²) >= 11 is 1.14. The summed E-state index contributed by atoms with van der Waals surface area (Å²) in [7, 11) is 0. The zero-order chi connectivity index (χ0) is 23.4. The lowest BCUT2D eigenvalue weighted by molar-refractivity contribution is -0.116. The van der Waals surface area contributed by atoms with Crippen LogP contribution < -0.4 is 15.1 Å². The molecule has 0 atom stereocenters. The monoisotopic (exact) mass is 468 g/mol. The van der Waals surface area contributed by atoms with Crippen molar-refractivity contribution in [3.63, 3.8) is 0 Å². The van der Waals surface area contributed by atoms with Crippen molar-refractivity contribution >= 4 is 51.4 Å². The number of aromatic nitrogens is 1. The molecule has 0 aliphatic carbocycles. The van der Waals surface area contributed by atoms with E-state index in [-0.39, 0.29) is 16.5 Å². The summed E-state index contributed by atoms with van der Waals surface area (Å²) in [5.41, 5.74) is 1.32. The van der Waals surface area contributed by atoms with Crippen molar-refractivity contribution in [1.82, 2.24) is 4.98 Å². The van der Waals surface area contributed by atoms with Crippen LogP contribution in [0, 0.1) is 11.6 Å². The Labute approximate surface area is 194 Å². The first-order valence-corrected chi connectivity index (χ1v) is 11.4. The van der Waals surface area contributed by atoms with E-state index >= 15 is 0 Å². The maximum absolute atomic E-state index is 14.4. The minimum absolute atomic E-state index is 0.0987. The number of carbonyl (C=O) groups is 2. The summed E-state index contributed by atoms with van der Waals surface area (Å²) in [5.74, 6) is -1.94. The fourth-order valence-electron chi connectivity index (χ4n) is 3.68. The van der Waals surface area contributed by atoms with Crippen LogP contribution in [0.4, 0.5) is 31.0 Å². The molecule has 3 aromatic rings. The zero-order valence-corrected chi connectivity index (χ0v) is 18.7. The van der Waals surface area contributed by atoms with Gasteiger partial charge < -0.3 is 10.2 Å². The Balaban J connectivity index is 1.50. The van der Waals surface area contributed by atoms with E-state index in [9.17, 15) is 18.4 Å². The largest absolute Gasteiger partial charge is 0.370 e. The average Bonchev–Trinajstić information content (AvgIpc) is 3.48. The smallest absolute Gasteiger partial charge is 0.248 e. The highest BCUT2D eigenvalue weighted by Crippen LogP contribution is 2.32. The van der Waals surface area contributed by atoms with Gasteiger partial charge in [-0.15, -0.1) is 11.3 Å². The van der Waals surface area contributed by atoms with Gasteiger partial charge in [0.15, 0.2) is 5.13 Å². The number of thiazole rings is 1. The van der Waals surface area contributed by atoms with E-state index < -0.39 is 23.4 Å². The molecule has 2 amide bonds. The number of nitrogens with zero attached hydrogens (tertiary/aromatic N) is 3. The van der Waals surface area contributed by atoms with Gasteiger partial charge in [0.2, 0.25) is 11.8 Å². The van der Waals surface area contributed by atoms with Gasteiger partial charge in [-0.25, -0.2) is 13.8 Å². The van der Waals surface area contributed by atoms with Crippen molar-refractivity contribution in [2.75, 3.05) is 28.2 Å². The summed E-state index contributed by atoms with van der Waals surface area (Å²) < 4.78 is 28.7. The zero-order valence-electron chi connectivity index (χ0n) is 17.9. The van der Waals surface area contributed by atoms with E-state index in [1.807, 2.05) is 4.90 Å². The summed E-state index contributed by atoms with van der Waals surface area (Å²) in [6.07, 6.45) is 4.77. The molecule has 1 fully saturated rings. The molecular formula is C24H22F2N4O2S. The number of hydrogen-bond donors (Lipinski definition) is 1. The van der Waals surface area contributed by atoms with Crippen molar-refractivity contribution < 1.29 is 18.4 Å². The summed E-state index contributed by atoms with van der Waals surface area (Å²) in [6, 6.07) is 10.7. The lowest BCUT2D eigenvalue weighted by Gasteiger charge is -2.21. The van der Waals surface area contributed by atoms with Crippen LogP contribution in [0.2, 0.25) is 0 Å². The minimum Gasteiger partial charge on any atom is -0.370 e. The number of benzene rings is 2. The van der Waals surface area contributed by atoms with E-state index in [0.717, 1.165) is 37.3 Å². The van der Waals surface area contributed by atoms with Gasteiger partial charge in [-0.2, -0.15) is 0 Å². The van der Waals surface area contributed by atoms with E-state index in [2.05, 4.69) is 10.3 Å². The van der Waals surface area contributed by atoms with Crippen molar-refractivity contribution in [2.24, 2.45) is 0 Å². The minimum atomic E-state index is -0.543. The molecule has 0 spiro atoms. The number of carbonyl (C=O) groups excluding carboxylic acids is 2. The molecule has 0 unspecified atom stereocenters. The van der Waals surface area contributed by atoms with E-state index in [0.29, 0.717) is 11.4 Å². The topological polar surface area (TPSA) is 65.5 Å². The van der Waals surface area contributed by atoms with E-state index in [1.165, 1.54) is 48.2 Å². The maximum Gasteiger partial charge on any atom is 0.248 e. The van der Waals surface area contributed by atoms with Crippen LogP contribution in [0.25, 0.3) is 6.08 Å². The van der Waals surface area contributed by atoms with Crippen molar-refractivity contribution in [2.45, 2.75) is 19.8 Å². The lowest BCUT2D eigenvalue weighted by Crippen LogP contribution is -2.23. The van der Waals surface area contributed by atoms with Gasteiger partial charge >= 0.3 is 0 Å². The molecule has 1 aromatic heterocycles. The Hall–Kier alpha value is -3.59. The van der Waals surface area contributed by atoms with Crippen molar-refractivity contribution in [3.8, 4) is 0 Å². The number of para-hydroxylation sites is 2. The third-order valence-electron chi connectivity index (χ3n) is 5.20. The Kier molecular flexibility index (Phi) is 6.79. The predicted molar refractivity (Wildman–Crippen MR) is 127 cm³/mol. The van der Waals surface area contributed by atoms with Crippen LogP contribution in [0.3, 0.4) is 0 Å². The molecule has 0 saturated carbocycles. The van der Waals surface area contributed by atoms with E-state index in [4.69, 9.17) is 0 Å². The third kappa shape index (κ3) is 5.09. The van der Waals surface area contributed by atoms with Crippen LogP contribution in [0.15, 0.2) is 53.9 Å². The maximum atomic E-state index is 14.4. The summed E-state index contributed by atoms with van der Waals surface area (Å²) in [6.45, 7) is 2.96. The van der Waals surface area contributed by atoms with Crippen LogP contribution in [0.1, 0.15) is 25.5 Å². The Morgan fingerprint density at radius 2 is 1.82 bits per heavy atom. The fourth-order valence-corrected chi connectivity index (χ4v) is 4.53. The van der Waals surface area contributed by atoms with Gasteiger partial charge in [0.25, 0.3) is 0 Å².